The molecule has 0 radical (unpaired) electrons. The highest BCUT2D eigenvalue weighted by atomic mass is 16.3. The molecule has 1 atom stereocenters. The lowest BCUT2D eigenvalue weighted by atomic mass is 9.99. The molecule has 8 heavy (non-hydrogen) atoms. The topological polar surface area (TPSA) is 44.0 Å². The Kier molecular flexibility index (Phi) is 3.21. The Hall–Kier alpha value is -0.550. The van der Waals surface area contributed by atoms with Gasteiger partial charge in [-0.05, 0) is 5.92 Å². The molecule has 0 rings (SSSR count). The van der Waals surface area contributed by atoms with Gasteiger partial charge >= 0.3 is 0 Å². The molecule has 0 aliphatic rings. The zero-order valence-electron chi connectivity index (χ0n) is 5.26. The predicted octanol–water partition coefficient (Wildman–Crippen LogP) is 0.774. The van der Waals surface area contributed by atoms with Gasteiger partial charge in [-0.25, -0.2) is 0 Å². The second kappa shape index (κ2) is 3.45. The van der Waals surface area contributed by atoms with Crippen molar-refractivity contribution < 1.29 is 5.11 Å². The lowest BCUT2D eigenvalue weighted by Crippen LogP contribution is -2.09. The third-order valence-electron chi connectivity index (χ3n) is 1.17. The van der Waals surface area contributed by atoms with Crippen LogP contribution in [-0.2, 0) is 0 Å². The van der Waals surface area contributed by atoms with E-state index in [-0.39, 0.29) is 18.4 Å². The Morgan fingerprint density at radius 2 is 2.12 bits per heavy atom. The quantitative estimate of drug-likeness (QED) is 0.575. The summed E-state index contributed by atoms with van der Waals surface area (Å²) in [5.74, 6) is 0.0833. The van der Waals surface area contributed by atoms with Gasteiger partial charge in [0.2, 0.25) is 0 Å². The van der Waals surface area contributed by atoms with Gasteiger partial charge in [-0.1, -0.05) is 13.8 Å². The molecule has 0 aromatic heterocycles. The van der Waals surface area contributed by atoms with Crippen LogP contribution < -0.4 is 0 Å². The summed E-state index contributed by atoms with van der Waals surface area (Å²) in [5.41, 5.74) is 0. The number of hydrogen-bond donors (Lipinski definition) is 1. The van der Waals surface area contributed by atoms with Gasteiger partial charge in [0, 0.05) is 0 Å². The summed E-state index contributed by atoms with van der Waals surface area (Å²) >= 11 is 0. The molecular weight excluding hydrogens is 102 g/mol. The first-order valence-corrected chi connectivity index (χ1v) is 2.72. The molecule has 0 saturated carbocycles. The maximum Gasteiger partial charge on any atom is 0.0717 e. The van der Waals surface area contributed by atoms with Crippen molar-refractivity contribution in [2.24, 2.45) is 11.8 Å². The van der Waals surface area contributed by atoms with E-state index in [1.165, 1.54) is 0 Å². The SMILES string of the molecule is CC(C)[C@@H](C#N)CO. The number of aliphatic hydroxyl groups is 1. The van der Waals surface area contributed by atoms with Crippen LogP contribution in [0.2, 0.25) is 0 Å². The molecule has 0 aromatic carbocycles. The van der Waals surface area contributed by atoms with Crippen LogP contribution in [0.5, 0.6) is 0 Å². The van der Waals surface area contributed by atoms with Gasteiger partial charge in [-0.2, -0.15) is 5.26 Å². The summed E-state index contributed by atoms with van der Waals surface area (Å²) in [6, 6.07) is 2.00. The second-order valence-electron chi connectivity index (χ2n) is 2.16. The smallest absolute Gasteiger partial charge is 0.0717 e. The molecular formula is C6H11NO. The van der Waals surface area contributed by atoms with Gasteiger partial charge in [0.15, 0.2) is 0 Å². The maximum atomic E-state index is 8.47. The Morgan fingerprint density at radius 3 is 2.12 bits per heavy atom. The van der Waals surface area contributed by atoms with Crippen LogP contribution in [0, 0.1) is 23.2 Å². The summed E-state index contributed by atoms with van der Waals surface area (Å²) in [7, 11) is 0. The third-order valence-corrected chi connectivity index (χ3v) is 1.17. The summed E-state index contributed by atoms with van der Waals surface area (Å²) in [5, 5.41) is 16.8. The Labute approximate surface area is 49.8 Å². The van der Waals surface area contributed by atoms with Crippen molar-refractivity contribution in [3.63, 3.8) is 0 Å². The molecule has 0 aliphatic heterocycles. The van der Waals surface area contributed by atoms with Gasteiger partial charge in [0.1, 0.15) is 0 Å². The van der Waals surface area contributed by atoms with E-state index >= 15 is 0 Å². The fraction of sp³-hybridized carbons (Fsp3) is 0.833. The first-order valence-electron chi connectivity index (χ1n) is 2.72. The second-order valence-corrected chi connectivity index (χ2v) is 2.16. The first kappa shape index (κ1) is 7.45. The predicted molar refractivity (Wildman–Crippen MR) is 31.0 cm³/mol. The average Bonchev–Trinajstić information content (AvgIpc) is 1.69. The summed E-state index contributed by atoms with van der Waals surface area (Å²) in [4.78, 5) is 0. The lowest BCUT2D eigenvalue weighted by molar-refractivity contribution is 0.226. The van der Waals surface area contributed by atoms with Crippen LogP contribution >= 0.6 is 0 Å². The number of nitrogens with zero attached hydrogens (tertiary/aromatic N) is 1. The lowest BCUT2D eigenvalue weighted by Gasteiger charge is -2.06. The van der Waals surface area contributed by atoms with Crippen LogP contribution in [0.3, 0.4) is 0 Å². The first-order chi connectivity index (χ1) is 3.72. The molecule has 0 aliphatic carbocycles. The fourth-order valence-electron chi connectivity index (χ4n) is 0.401. The van der Waals surface area contributed by atoms with Gasteiger partial charge in [-0.15, -0.1) is 0 Å². The van der Waals surface area contributed by atoms with E-state index in [0.29, 0.717) is 0 Å². The minimum atomic E-state index is -0.185. The molecule has 2 nitrogen and oxygen atoms in total. The minimum absolute atomic E-state index is 0.0197. The zero-order chi connectivity index (χ0) is 6.57. The van der Waals surface area contributed by atoms with E-state index in [2.05, 4.69) is 0 Å². The maximum absolute atomic E-state index is 8.47. The van der Waals surface area contributed by atoms with Crippen LogP contribution in [0.15, 0.2) is 0 Å². The molecule has 0 saturated heterocycles. The highest BCUT2D eigenvalue weighted by Gasteiger charge is 2.08. The molecule has 0 amide bonds. The van der Waals surface area contributed by atoms with E-state index < -0.39 is 0 Å². The molecule has 2 heteroatoms. The zero-order valence-corrected chi connectivity index (χ0v) is 5.26. The summed E-state index contributed by atoms with van der Waals surface area (Å²) < 4.78 is 0. The van der Waals surface area contributed by atoms with E-state index in [4.69, 9.17) is 10.4 Å². The van der Waals surface area contributed by atoms with Crippen molar-refractivity contribution in [2.45, 2.75) is 13.8 Å². The van der Waals surface area contributed by atoms with Gasteiger partial charge in [0.25, 0.3) is 0 Å². The van der Waals surface area contributed by atoms with Gasteiger partial charge < -0.3 is 5.11 Å². The van der Waals surface area contributed by atoms with Crippen LogP contribution in [-0.4, -0.2) is 11.7 Å². The molecule has 0 aromatic rings. The Balaban J connectivity index is 3.57. The standard InChI is InChI=1S/C6H11NO/c1-5(2)6(3-7)4-8/h5-6,8H,4H2,1-2H3/t6-/m0/s1. The number of nitriles is 1. The van der Waals surface area contributed by atoms with E-state index in [1.54, 1.807) is 0 Å². The van der Waals surface area contributed by atoms with Crippen molar-refractivity contribution >= 4 is 0 Å². The number of aliphatic hydroxyl groups excluding tert-OH is 1. The molecule has 1 N–H and O–H groups in total. The molecule has 0 spiro atoms. The van der Waals surface area contributed by atoms with Crippen LogP contribution in [0.4, 0.5) is 0 Å². The highest BCUT2D eigenvalue weighted by Crippen LogP contribution is 2.06. The van der Waals surface area contributed by atoms with Gasteiger partial charge in [-0.3, -0.25) is 0 Å². The normalized spacial score (nSPS) is 13.4. The third kappa shape index (κ3) is 1.94. The summed E-state index contributed by atoms with van der Waals surface area (Å²) in [6.07, 6.45) is 0. The van der Waals surface area contributed by atoms with Crippen molar-refractivity contribution in [1.82, 2.24) is 0 Å². The van der Waals surface area contributed by atoms with Crippen molar-refractivity contribution in [3.8, 4) is 6.07 Å². The van der Waals surface area contributed by atoms with Crippen LogP contribution in [0.1, 0.15) is 13.8 Å². The molecule has 46 valence electrons. The number of hydrogen-bond acceptors (Lipinski definition) is 2. The van der Waals surface area contributed by atoms with E-state index in [0.717, 1.165) is 0 Å². The molecule has 0 heterocycles. The minimum Gasteiger partial charge on any atom is -0.395 e. The average molecular weight is 113 g/mol. The number of rotatable bonds is 2. The summed E-state index contributed by atoms with van der Waals surface area (Å²) in [6.45, 7) is 3.82. The largest absolute Gasteiger partial charge is 0.395 e. The molecule has 0 fully saturated rings. The van der Waals surface area contributed by atoms with Crippen molar-refractivity contribution in [3.05, 3.63) is 0 Å². The van der Waals surface area contributed by atoms with Crippen LogP contribution in [0.25, 0.3) is 0 Å². The Bertz CT molecular complexity index is 93.2. The molecule has 0 bridgehead atoms. The molecule has 0 unspecified atom stereocenters. The Morgan fingerprint density at radius 1 is 1.62 bits per heavy atom. The van der Waals surface area contributed by atoms with E-state index in [9.17, 15) is 0 Å². The fourth-order valence-corrected chi connectivity index (χ4v) is 0.401. The van der Waals surface area contributed by atoms with E-state index in [1.807, 2.05) is 19.9 Å². The van der Waals surface area contributed by atoms with Gasteiger partial charge in [0.05, 0.1) is 18.6 Å². The van der Waals surface area contributed by atoms with Crippen molar-refractivity contribution in [2.75, 3.05) is 6.61 Å². The highest BCUT2D eigenvalue weighted by molar-refractivity contribution is 4.83. The monoisotopic (exact) mass is 113 g/mol. The van der Waals surface area contributed by atoms with Crippen molar-refractivity contribution in [1.29, 1.82) is 5.26 Å².